The van der Waals surface area contributed by atoms with Crippen LogP contribution in [0.2, 0.25) is 0 Å². The van der Waals surface area contributed by atoms with E-state index in [4.69, 9.17) is 5.26 Å². The molecule has 0 spiro atoms. The topological polar surface area (TPSA) is 39.9 Å². The third kappa shape index (κ3) is 2.01. The van der Waals surface area contributed by atoms with E-state index in [1.807, 2.05) is 48.3 Å². The third-order valence-corrected chi connectivity index (χ3v) is 2.42. The summed E-state index contributed by atoms with van der Waals surface area (Å²) in [6.45, 7) is 0. The van der Waals surface area contributed by atoms with E-state index in [2.05, 4.69) is 11.1 Å². The van der Waals surface area contributed by atoms with Gasteiger partial charge in [-0.25, -0.2) is 0 Å². The molecule has 0 unspecified atom stereocenters. The molecule has 78 valence electrons. The summed E-state index contributed by atoms with van der Waals surface area (Å²) >= 11 is 0. The highest BCUT2D eigenvalue weighted by molar-refractivity contribution is 5.62. The molecule has 0 saturated carbocycles. The molecule has 1 heterocycles. The fourth-order valence-electron chi connectivity index (χ4n) is 1.46. The molecule has 0 radical (unpaired) electrons. The Labute approximate surface area is 94.6 Å². The lowest BCUT2D eigenvalue weighted by atomic mass is 10.2. The van der Waals surface area contributed by atoms with Crippen LogP contribution in [0.4, 0.5) is 11.4 Å². The van der Waals surface area contributed by atoms with Gasteiger partial charge in [0, 0.05) is 18.9 Å². The standard InChI is InChI=1S/C13H11N3/c1-16(13-3-2-8-15-10-13)12-6-4-11(9-14)5-7-12/h2-8,10H,1H3. The molecule has 0 aliphatic carbocycles. The lowest BCUT2D eigenvalue weighted by molar-refractivity contribution is 1.17. The van der Waals surface area contributed by atoms with E-state index in [1.165, 1.54) is 0 Å². The minimum atomic E-state index is 0.670. The van der Waals surface area contributed by atoms with Gasteiger partial charge in [0.15, 0.2) is 0 Å². The molecule has 0 N–H and O–H groups in total. The summed E-state index contributed by atoms with van der Waals surface area (Å²) in [7, 11) is 1.97. The number of rotatable bonds is 2. The number of hydrogen-bond acceptors (Lipinski definition) is 3. The summed E-state index contributed by atoms with van der Waals surface area (Å²) in [6.07, 6.45) is 3.55. The maximum Gasteiger partial charge on any atom is 0.0991 e. The molecule has 0 saturated heterocycles. The van der Waals surface area contributed by atoms with Crippen molar-refractivity contribution in [3.63, 3.8) is 0 Å². The Hall–Kier alpha value is -2.34. The number of nitriles is 1. The van der Waals surface area contributed by atoms with Crippen LogP contribution in [0.1, 0.15) is 5.56 Å². The molecule has 1 aromatic heterocycles. The highest BCUT2D eigenvalue weighted by atomic mass is 15.1. The maximum atomic E-state index is 8.71. The second kappa shape index (κ2) is 4.45. The summed E-state index contributed by atoms with van der Waals surface area (Å²) in [5, 5.41) is 8.71. The molecule has 2 aromatic rings. The Morgan fingerprint density at radius 2 is 1.88 bits per heavy atom. The summed E-state index contributed by atoms with van der Waals surface area (Å²) in [4.78, 5) is 6.09. The molecule has 0 bridgehead atoms. The molecular formula is C13H11N3. The average molecular weight is 209 g/mol. The van der Waals surface area contributed by atoms with Crippen LogP contribution in [0.25, 0.3) is 0 Å². The van der Waals surface area contributed by atoms with Crippen molar-refractivity contribution in [2.45, 2.75) is 0 Å². The van der Waals surface area contributed by atoms with Gasteiger partial charge in [-0.05, 0) is 36.4 Å². The molecular weight excluding hydrogens is 198 g/mol. The van der Waals surface area contributed by atoms with Crippen molar-refractivity contribution >= 4 is 11.4 Å². The Morgan fingerprint density at radius 1 is 1.12 bits per heavy atom. The Balaban J connectivity index is 2.28. The van der Waals surface area contributed by atoms with Crippen molar-refractivity contribution in [1.29, 1.82) is 5.26 Å². The fourth-order valence-corrected chi connectivity index (χ4v) is 1.46. The van der Waals surface area contributed by atoms with E-state index in [1.54, 1.807) is 12.4 Å². The largest absolute Gasteiger partial charge is 0.343 e. The molecule has 3 nitrogen and oxygen atoms in total. The number of anilines is 2. The lowest BCUT2D eigenvalue weighted by Gasteiger charge is -2.18. The molecule has 0 atom stereocenters. The molecule has 3 heteroatoms. The van der Waals surface area contributed by atoms with Gasteiger partial charge in [-0.15, -0.1) is 0 Å². The van der Waals surface area contributed by atoms with Gasteiger partial charge in [-0.3, -0.25) is 4.98 Å². The lowest BCUT2D eigenvalue weighted by Crippen LogP contribution is -2.09. The average Bonchev–Trinajstić information content (AvgIpc) is 2.39. The Morgan fingerprint density at radius 3 is 2.44 bits per heavy atom. The number of nitrogens with zero attached hydrogens (tertiary/aromatic N) is 3. The molecule has 0 aliphatic heterocycles. The van der Waals surface area contributed by atoms with Crippen LogP contribution in [-0.2, 0) is 0 Å². The van der Waals surface area contributed by atoms with Crippen LogP contribution >= 0.6 is 0 Å². The van der Waals surface area contributed by atoms with E-state index in [0.29, 0.717) is 5.56 Å². The quantitative estimate of drug-likeness (QED) is 0.763. The number of aromatic nitrogens is 1. The first-order valence-corrected chi connectivity index (χ1v) is 4.95. The Bertz CT molecular complexity index is 497. The van der Waals surface area contributed by atoms with Crippen LogP contribution < -0.4 is 4.90 Å². The van der Waals surface area contributed by atoms with Crippen molar-refractivity contribution in [2.75, 3.05) is 11.9 Å². The van der Waals surface area contributed by atoms with Gasteiger partial charge >= 0.3 is 0 Å². The predicted octanol–water partition coefficient (Wildman–Crippen LogP) is 2.72. The van der Waals surface area contributed by atoms with Crippen LogP contribution in [-0.4, -0.2) is 12.0 Å². The number of pyridine rings is 1. The summed E-state index contributed by atoms with van der Waals surface area (Å²) in [5.41, 5.74) is 2.72. The minimum absolute atomic E-state index is 0.670. The fraction of sp³-hybridized carbons (Fsp3) is 0.0769. The van der Waals surface area contributed by atoms with E-state index >= 15 is 0 Å². The van der Waals surface area contributed by atoms with Crippen molar-refractivity contribution in [3.05, 3.63) is 54.4 Å². The van der Waals surface area contributed by atoms with Gasteiger partial charge in [-0.1, -0.05) is 0 Å². The van der Waals surface area contributed by atoms with E-state index in [9.17, 15) is 0 Å². The zero-order valence-electron chi connectivity index (χ0n) is 8.96. The molecule has 0 aliphatic rings. The molecule has 1 aromatic carbocycles. The highest BCUT2D eigenvalue weighted by Crippen LogP contribution is 2.22. The van der Waals surface area contributed by atoms with E-state index in [-0.39, 0.29) is 0 Å². The monoisotopic (exact) mass is 209 g/mol. The van der Waals surface area contributed by atoms with Crippen LogP contribution in [0.15, 0.2) is 48.8 Å². The van der Waals surface area contributed by atoms with Gasteiger partial charge < -0.3 is 4.90 Å². The minimum Gasteiger partial charge on any atom is -0.343 e. The van der Waals surface area contributed by atoms with Gasteiger partial charge in [0.2, 0.25) is 0 Å². The van der Waals surface area contributed by atoms with Gasteiger partial charge in [0.1, 0.15) is 0 Å². The van der Waals surface area contributed by atoms with Crippen molar-refractivity contribution < 1.29 is 0 Å². The summed E-state index contributed by atoms with van der Waals surface area (Å²) < 4.78 is 0. The molecule has 2 rings (SSSR count). The highest BCUT2D eigenvalue weighted by Gasteiger charge is 2.02. The number of hydrogen-bond donors (Lipinski definition) is 0. The second-order valence-electron chi connectivity index (χ2n) is 3.43. The SMILES string of the molecule is CN(c1ccc(C#N)cc1)c1cccnc1. The van der Waals surface area contributed by atoms with Crippen molar-refractivity contribution in [3.8, 4) is 6.07 Å². The zero-order valence-corrected chi connectivity index (χ0v) is 8.96. The molecule has 0 fully saturated rings. The van der Waals surface area contributed by atoms with Crippen LogP contribution in [0, 0.1) is 11.3 Å². The first kappa shape index (κ1) is 10.2. The summed E-state index contributed by atoms with van der Waals surface area (Å²) in [6, 6.07) is 13.5. The molecule has 16 heavy (non-hydrogen) atoms. The van der Waals surface area contributed by atoms with Crippen molar-refractivity contribution in [1.82, 2.24) is 4.98 Å². The van der Waals surface area contributed by atoms with Gasteiger partial charge in [0.05, 0.1) is 23.5 Å². The van der Waals surface area contributed by atoms with Gasteiger partial charge in [0.25, 0.3) is 0 Å². The molecule has 0 amide bonds. The van der Waals surface area contributed by atoms with E-state index < -0.39 is 0 Å². The first-order chi connectivity index (χ1) is 7.81. The van der Waals surface area contributed by atoms with Gasteiger partial charge in [-0.2, -0.15) is 5.26 Å². The zero-order chi connectivity index (χ0) is 11.4. The number of benzene rings is 1. The summed E-state index contributed by atoms with van der Waals surface area (Å²) in [5.74, 6) is 0. The predicted molar refractivity (Wildman–Crippen MR) is 63.5 cm³/mol. The maximum absolute atomic E-state index is 8.71. The smallest absolute Gasteiger partial charge is 0.0991 e. The normalized spacial score (nSPS) is 9.50. The van der Waals surface area contributed by atoms with Crippen LogP contribution in [0.3, 0.4) is 0 Å². The van der Waals surface area contributed by atoms with Crippen molar-refractivity contribution in [2.24, 2.45) is 0 Å². The Kier molecular flexibility index (Phi) is 2.84. The second-order valence-corrected chi connectivity index (χ2v) is 3.43. The van der Waals surface area contributed by atoms with E-state index in [0.717, 1.165) is 11.4 Å². The van der Waals surface area contributed by atoms with Crippen LogP contribution in [0.5, 0.6) is 0 Å². The third-order valence-electron chi connectivity index (χ3n) is 2.42. The first-order valence-electron chi connectivity index (χ1n) is 4.95.